The van der Waals surface area contributed by atoms with E-state index in [0.717, 1.165) is 24.5 Å². The van der Waals surface area contributed by atoms with Crippen LogP contribution < -0.4 is 10.5 Å². The number of benzene rings is 1. The Hall–Kier alpha value is -1.02. The maximum atomic E-state index is 6.75. The van der Waals surface area contributed by atoms with E-state index >= 15 is 0 Å². The number of nitrogens with two attached hydrogens (primary N) is 1. The highest BCUT2D eigenvalue weighted by molar-refractivity contribution is 5.33. The van der Waals surface area contributed by atoms with Gasteiger partial charge in [0.25, 0.3) is 0 Å². The molecule has 2 nitrogen and oxygen atoms in total. The number of methoxy groups -OCH3 is 1. The normalized spacial score (nSPS) is 27.9. The summed E-state index contributed by atoms with van der Waals surface area (Å²) in [6.07, 6.45) is 5.88. The van der Waals surface area contributed by atoms with Gasteiger partial charge in [-0.3, -0.25) is 0 Å². The Bertz CT molecular complexity index is 449. The molecule has 2 atom stereocenters. The van der Waals surface area contributed by atoms with Crippen LogP contribution in [0.1, 0.15) is 58.4 Å². The molecular weight excluding hydrogens is 246 g/mol. The van der Waals surface area contributed by atoms with E-state index in [2.05, 4.69) is 39.0 Å². The summed E-state index contributed by atoms with van der Waals surface area (Å²) in [5, 5.41) is 0. The molecule has 0 radical (unpaired) electrons. The van der Waals surface area contributed by atoms with Crippen LogP contribution in [0.15, 0.2) is 24.3 Å². The topological polar surface area (TPSA) is 35.2 Å². The number of rotatable bonds is 2. The minimum absolute atomic E-state index is 0.186. The molecule has 1 fully saturated rings. The quantitative estimate of drug-likeness (QED) is 0.808. The van der Waals surface area contributed by atoms with Crippen LogP contribution in [0.3, 0.4) is 0 Å². The van der Waals surface area contributed by atoms with Gasteiger partial charge in [-0.15, -0.1) is 0 Å². The fourth-order valence-electron chi connectivity index (χ4n) is 3.45. The van der Waals surface area contributed by atoms with Gasteiger partial charge in [0, 0.05) is 5.54 Å². The third-order valence-electron chi connectivity index (χ3n) is 4.98. The summed E-state index contributed by atoms with van der Waals surface area (Å²) in [5.41, 5.74) is 8.18. The summed E-state index contributed by atoms with van der Waals surface area (Å²) in [7, 11) is 1.71. The molecule has 0 aromatic heterocycles. The molecule has 0 spiro atoms. The van der Waals surface area contributed by atoms with Gasteiger partial charge >= 0.3 is 0 Å². The lowest BCUT2D eigenvalue weighted by molar-refractivity contribution is 0.211. The highest BCUT2D eigenvalue weighted by atomic mass is 16.5. The Labute approximate surface area is 123 Å². The predicted molar refractivity (Wildman–Crippen MR) is 84.9 cm³/mol. The molecule has 1 aliphatic rings. The van der Waals surface area contributed by atoms with Crippen molar-refractivity contribution in [2.24, 2.45) is 17.1 Å². The molecule has 2 rings (SSSR count). The zero-order valence-corrected chi connectivity index (χ0v) is 13.4. The molecule has 0 aliphatic heterocycles. The van der Waals surface area contributed by atoms with Crippen LogP contribution in [-0.4, -0.2) is 7.11 Å². The van der Waals surface area contributed by atoms with Gasteiger partial charge in [0.1, 0.15) is 5.75 Å². The van der Waals surface area contributed by atoms with Crippen LogP contribution in [-0.2, 0) is 5.54 Å². The van der Waals surface area contributed by atoms with Crippen molar-refractivity contribution < 1.29 is 4.74 Å². The molecule has 2 N–H and O–H groups in total. The first kappa shape index (κ1) is 15.4. The summed E-state index contributed by atoms with van der Waals surface area (Å²) < 4.78 is 5.34. The van der Waals surface area contributed by atoms with E-state index in [1.807, 2.05) is 6.07 Å². The Morgan fingerprint density at radius 3 is 2.60 bits per heavy atom. The largest absolute Gasteiger partial charge is 0.497 e. The Morgan fingerprint density at radius 2 is 1.95 bits per heavy atom. The molecule has 20 heavy (non-hydrogen) atoms. The molecule has 2 unspecified atom stereocenters. The molecular formula is C18H29NO. The van der Waals surface area contributed by atoms with Gasteiger partial charge < -0.3 is 10.5 Å². The van der Waals surface area contributed by atoms with Gasteiger partial charge in [0.15, 0.2) is 0 Å². The van der Waals surface area contributed by atoms with E-state index in [1.54, 1.807) is 7.11 Å². The van der Waals surface area contributed by atoms with Crippen molar-refractivity contribution in [1.82, 2.24) is 0 Å². The van der Waals surface area contributed by atoms with Crippen molar-refractivity contribution in [3.63, 3.8) is 0 Å². The Kier molecular flexibility index (Phi) is 4.43. The van der Waals surface area contributed by atoms with Crippen molar-refractivity contribution in [3.8, 4) is 5.75 Å². The van der Waals surface area contributed by atoms with Gasteiger partial charge in [-0.2, -0.15) is 0 Å². The van der Waals surface area contributed by atoms with E-state index in [-0.39, 0.29) is 5.54 Å². The van der Waals surface area contributed by atoms with Gasteiger partial charge in [0.05, 0.1) is 7.11 Å². The first-order chi connectivity index (χ1) is 9.35. The van der Waals surface area contributed by atoms with Crippen molar-refractivity contribution >= 4 is 0 Å². The average molecular weight is 275 g/mol. The van der Waals surface area contributed by atoms with E-state index in [9.17, 15) is 0 Å². The Balaban J connectivity index is 2.18. The SMILES string of the molecule is COc1cccc(C2(N)CCCC(C(C)(C)C)CC2)c1. The summed E-state index contributed by atoms with van der Waals surface area (Å²) >= 11 is 0. The van der Waals surface area contributed by atoms with Crippen LogP contribution in [0.5, 0.6) is 5.75 Å². The highest BCUT2D eigenvalue weighted by Gasteiger charge is 2.34. The zero-order chi connectivity index (χ0) is 14.8. The number of hydrogen-bond donors (Lipinski definition) is 1. The molecule has 1 aromatic carbocycles. The smallest absolute Gasteiger partial charge is 0.119 e. The second-order valence-electron chi connectivity index (χ2n) is 7.38. The molecule has 1 aliphatic carbocycles. The van der Waals surface area contributed by atoms with Crippen LogP contribution in [0, 0.1) is 11.3 Å². The fourth-order valence-corrected chi connectivity index (χ4v) is 3.45. The first-order valence-corrected chi connectivity index (χ1v) is 7.78. The van der Waals surface area contributed by atoms with E-state index in [1.165, 1.54) is 24.8 Å². The highest BCUT2D eigenvalue weighted by Crippen LogP contribution is 2.42. The van der Waals surface area contributed by atoms with Gasteiger partial charge in [-0.05, 0) is 54.7 Å². The van der Waals surface area contributed by atoms with Crippen molar-refractivity contribution in [1.29, 1.82) is 0 Å². The maximum Gasteiger partial charge on any atom is 0.119 e. The zero-order valence-electron chi connectivity index (χ0n) is 13.4. The molecule has 112 valence electrons. The number of hydrogen-bond acceptors (Lipinski definition) is 2. The molecule has 0 amide bonds. The second kappa shape index (κ2) is 5.77. The monoisotopic (exact) mass is 275 g/mol. The van der Waals surface area contributed by atoms with Crippen molar-refractivity contribution in [3.05, 3.63) is 29.8 Å². The molecule has 0 saturated heterocycles. The minimum Gasteiger partial charge on any atom is -0.497 e. The summed E-state index contributed by atoms with van der Waals surface area (Å²) in [4.78, 5) is 0. The lowest BCUT2D eigenvalue weighted by Gasteiger charge is -2.32. The molecule has 1 saturated carbocycles. The third kappa shape index (κ3) is 3.35. The van der Waals surface area contributed by atoms with Crippen LogP contribution in [0.4, 0.5) is 0 Å². The summed E-state index contributed by atoms with van der Waals surface area (Å²) in [6.45, 7) is 7.06. The molecule has 0 heterocycles. The van der Waals surface area contributed by atoms with E-state index < -0.39 is 0 Å². The van der Waals surface area contributed by atoms with E-state index in [0.29, 0.717) is 5.41 Å². The van der Waals surface area contributed by atoms with E-state index in [4.69, 9.17) is 10.5 Å². The second-order valence-corrected chi connectivity index (χ2v) is 7.38. The summed E-state index contributed by atoms with van der Waals surface area (Å²) in [5.74, 6) is 1.68. The van der Waals surface area contributed by atoms with Gasteiger partial charge in [-0.25, -0.2) is 0 Å². The number of ether oxygens (including phenoxy) is 1. The average Bonchev–Trinajstić information content (AvgIpc) is 2.61. The van der Waals surface area contributed by atoms with Crippen LogP contribution in [0.2, 0.25) is 0 Å². The lowest BCUT2D eigenvalue weighted by atomic mass is 9.75. The first-order valence-electron chi connectivity index (χ1n) is 7.78. The predicted octanol–water partition coefficient (Wildman–Crippen LogP) is 4.48. The lowest BCUT2D eigenvalue weighted by Crippen LogP contribution is -2.36. The molecule has 0 bridgehead atoms. The standard InChI is InChI=1S/C18H29NO/c1-17(2,3)14-8-6-11-18(19,12-10-14)15-7-5-9-16(13-15)20-4/h5,7,9,13-14H,6,8,10-12,19H2,1-4H3. The third-order valence-corrected chi connectivity index (χ3v) is 4.98. The Morgan fingerprint density at radius 1 is 1.20 bits per heavy atom. The minimum atomic E-state index is -0.186. The van der Waals surface area contributed by atoms with Gasteiger partial charge in [-0.1, -0.05) is 39.3 Å². The summed E-state index contributed by atoms with van der Waals surface area (Å²) in [6, 6.07) is 8.30. The molecule has 2 heteroatoms. The fraction of sp³-hybridized carbons (Fsp3) is 0.667. The van der Waals surface area contributed by atoms with Crippen LogP contribution in [0.25, 0.3) is 0 Å². The maximum absolute atomic E-state index is 6.75. The van der Waals surface area contributed by atoms with Crippen molar-refractivity contribution in [2.75, 3.05) is 7.11 Å². The van der Waals surface area contributed by atoms with Gasteiger partial charge in [0.2, 0.25) is 0 Å². The van der Waals surface area contributed by atoms with Crippen LogP contribution >= 0.6 is 0 Å². The van der Waals surface area contributed by atoms with Crippen molar-refractivity contribution in [2.45, 2.75) is 58.4 Å². The molecule has 1 aromatic rings.